The first-order valence-corrected chi connectivity index (χ1v) is 11.0. The fourth-order valence-electron chi connectivity index (χ4n) is 3.35. The predicted molar refractivity (Wildman–Crippen MR) is 109 cm³/mol. The summed E-state index contributed by atoms with van der Waals surface area (Å²) in [6, 6.07) is 14.2. The molecule has 0 atom stereocenters. The van der Waals surface area contributed by atoms with E-state index in [0.29, 0.717) is 5.69 Å². The van der Waals surface area contributed by atoms with E-state index in [1.165, 1.54) is 21.1 Å². The molecule has 2 aromatic carbocycles. The predicted octanol–water partition coefficient (Wildman–Crippen LogP) is 2.47. The number of hydrogen-bond donors (Lipinski definition) is 0. The Labute approximate surface area is 174 Å². The van der Waals surface area contributed by atoms with Crippen molar-refractivity contribution in [3.8, 4) is 5.69 Å². The van der Waals surface area contributed by atoms with Gasteiger partial charge in [0.25, 0.3) is 5.91 Å². The molecule has 1 aromatic heterocycles. The first-order valence-electron chi connectivity index (χ1n) is 9.52. The molecule has 0 radical (unpaired) electrons. The average molecular weight is 428 g/mol. The van der Waals surface area contributed by atoms with Gasteiger partial charge >= 0.3 is 0 Å². The van der Waals surface area contributed by atoms with Crippen molar-refractivity contribution >= 4 is 15.9 Å². The van der Waals surface area contributed by atoms with Crippen LogP contribution in [0.2, 0.25) is 0 Å². The van der Waals surface area contributed by atoms with E-state index in [2.05, 4.69) is 5.10 Å². The lowest BCUT2D eigenvalue weighted by molar-refractivity contribution is 0.0691. The Balaban J connectivity index is 1.43. The fraction of sp³-hybridized carbons (Fsp3) is 0.238. The quantitative estimate of drug-likeness (QED) is 0.640. The Morgan fingerprint density at radius 3 is 2.37 bits per heavy atom. The Morgan fingerprint density at radius 1 is 1.00 bits per heavy atom. The second kappa shape index (κ2) is 8.00. The van der Waals surface area contributed by atoms with E-state index in [4.69, 9.17) is 0 Å². The summed E-state index contributed by atoms with van der Waals surface area (Å²) in [6.07, 6.45) is 1.60. The summed E-state index contributed by atoms with van der Waals surface area (Å²) >= 11 is 0. The van der Waals surface area contributed by atoms with Crippen molar-refractivity contribution in [3.63, 3.8) is 0 Å². The summed E-state index contributed by atoms with van der Waals surface area (Å²) in [4.78, 5) is 14.6. The molecule has 0 N–H and O–H groups in total. The zero-order chi connectivity index (χ0) is 21.3. The standard InChI is InChI=1S/C21H21FN4O3S/c1-16-5-7-19(8-6-16)30(28,29)25-13-11-24(12-14-25)21(27)20-9-10-26(23-20)18-4-2-3-17(22)15-18/h2-10,15H,11-14H2,1H3. The molecule has 9 heteroatoms. The molecule has 1 aliphatic heterocycles. The molecule has 0 unspecified atom stereocenters. The molecule has 0 bridgehead atoms. The average Bonchev–Trinajstić information content (AvgIpc) is 3.24. The number of aryl methyl sites for hydroxylation is 1. The summed E-state index contributed by atoms with van der Waals surface area (Å²) in [6.45, 7) is 2.88. The van der Waals surface area contributed by atoms with Gasteiger partial charge < -0.3 is 4.90 Å². The van der Waals surface area contributed by atoms with Gasteiger partial charge in [0.2, 0.25) is 10.0 Å². The molecule has 1 fully saturated rings. The Hall–Kier alpha value is -3.04. The molecule has 156 valence electrons. The minimum absolute atomic E-state index is 0.215. The Morgan fingerprint density at radius 2 is 1.70 bits per heavy atom. The number of benzene rings is 2. The second-order valence-corrected chi connectivity index (χ2v) is 9.07. The number of sulfonamides is 1. The van der Waals surface area contributed by atoms with E-state index >= 15 is 0 Å². The first kappa shape index (κ1) is 20.2. The van der Waals surface area contributed by atoms with Gasteiger partial charge in [0.1, 0.15) is 5.82 Å². The van der Waals surface area contributed by atoms with Crippen LogP contribution in [0.5, 0.6) is 0 Å². The van der Waals surface area contributed by atoms with Crippen LogP contribution < -0.4 is 0 Å². The number of nitrogens with zero attached hydrogens (tertiary/aromatic N) is 4. The maximum absolute atomic E-state index is 13.4. The van der Waals surface area contributed by atoms with Crippen LogP contribution in [0.1, 0.15) is 16.1 Å². The molecule has 2 heterocycles. The largest absolute Gasteiger partial charge is 0.335 e. The van der Waals surface area contributed by atoms with Crippen molar-refractivity contribution in [1.29, 1.82) is 0 Å². The number of carbonyl (C=O) groups excluding carboxylic acids is 1. The highest BCUT2D eigenvalue weighted by atomic mass is 32.2. The third-order valence-corrected chi connectivity index (χ3v) is 6.98. The minimum Gasteiger partial charge on any atom is -0.335 e. The number of aromatic nitrogens is 2. The molecular weight excluding hydrogens is 407 g/mol. The monoisotopic (exact) mass is 428 g/mol. The van der Waals surface area contributed by atoms with Gasteiger partial charge in [0.05, 0.1) is 10.6 Å². The topological polar surface area (TPSA) is 75.5 Å². The number of halogens is 1. The van der Waals surface area contributed by atoms with E-state index in [1.54, 1.807) is 53.6 Å². The van der Waals surface area contributed by atoms with Crippen molar-refractivity contribution in [2.24, 2.45) is 0 Å². The summed E-state index contributed by atoms with van der Waals surface area (Å²) in [5.41, 5.74) is 1.74. The van der Waals surface area contributed by atoms with Gasteiger partial charge in [-0.15, -0.1) is 0 Å². The lowest BCUT2D eigenvalue weighted by atomic mass is 10.2. The van der Waals surface area contributed by atoms with Crippen molar-refractivity contribution in [3.05, 3.63) is 77.9 Å². The molecule has 1 saturated heterocycles. The van der Waals surface area contributed by atoms with Crippen molar-refractivity contribution < 1.29 is 17.6 Å². The number of hydrogen-bond acceptors (Lipinski definition) is 4. The molecule has 1 amide bonds. The zero-order valence-corrected chi connectivity index (χ0v) is 17.2. The molecule has 30 heavy (non-hydrogen) atoms. The van der Waals surface area contributed by atoms with Crippen LogP contribution >= 0.6 is 0 Å². The molecule has 3 aromatic rings. The summed E-state index contributed by atoms with van der Waals surface area (Å²) < 4.78 is 41.9. The van der Waals surface area contributed by atoms with Crippen LogP contribution in [-0.2, 0) is 10.0 Å². The molecular formula is C21H21FN4O3S. The molecule has 1 aliphatic rings. The van der Waals surface area contributed by atoms with Gasteiger partial charge in [0.15, 0.2) is 5.69 Å². The van der Waals surface area contributed by atoms with Gasteiger partial charge in [-0.2, -0.15) is 9.40 Å². The smallest absolute Gasteiger partial charge is 0.274 e. The van der Waals surface area contributed by atoms with Crippen LogP contribution in [-0.4, -0.2) is 59.5 Å². The molecule has 0 saturated carbocycles. The highest BCUT2D eigenvalue weighted by molar-refractivity contribution is 7.89. The minimum atomic E-state index is -3.59. The van der Waals surface area contributed by atoms with Crippen molar-refractivity contribution in [1.82, 2.24) is 19.0 Å². The lowest BCUT2D eigenvalue weighted by Gasteiger charge is -2.33. The summed E-state index contributed by atoms with van der Waals surface area (Å²) in [5, 5.41) is 4.25. The van der Waals surface area contributed by atoms with Gasteiger partial charge in [-0.3, -0.25) is 4.79 Å². The van der Waals surface area contributed by atoms with E-state index in [1.807, 2.05) is 6.92 Å². The lowest BCUT2D eigenvalue weighted by Crippen LogP contribution is -2.50. The fourth-order valence-corrected chi connectivity index (χ4v) is 4.78. The Kier molecular flexibility index (Phi) is 5.40. The summed E-state index contributed by atoms with van der Waals surface area (Å²) in [7, 11) is -3.59. The second-order valence-electron chi connectivity index (χ2n) is 7.13. The molecule has 7 nitrogen and oxygen atoms in total. The molecule has 4 rings (SSSR count). The van der Waals surface area contributed by atoms with Crippen molar-refractivity contribution in [2.75, 3.05) is 26.2 Å². The van der Waals surface area contributed by atoms with E-state index in [9.17, 15) is 17.6 Å². The molecule has 0 spiro atoms. The molecule has 0 aliphatic carbocycles. The van der Waals surface area contributed by atoms with Crippen LogP contribution in [0.3, 0.4) is 0 Å². The SMILES string of the molecule is Cc1ccc(S(=O)(=O)N2CCN(C(=O)c3ccn(-c4cccc(F)c4)n3)CC2)cc1. The third kappa shape index (κ3) is 3.99. The van der Waals surface area contributed by atoms with E-state index in [-0.39, 0.29) is 48.5 Å². The number of piperazine rings is 1. The van der Waals surface area contributed by atoms with Gasteiger partial charge in [-0.1, -0.05) is 23.8 Å². The summed E-state index contributed by atoms with van der Waals surface area (Å²) in [5.74, 6) is -0.667. The third-order valence-electron chi connectivity index (χ3n) is 5.07. The number of carbonyl (C=O) groups is 1. The van der Waals surface area contributed by atoms with Crippen molar-refractivity contribution in [2.45, 2.75) is 11.8 Å². The van der Waals surface area contributed by atoms with Crippen LogP contribution in [0, 0.1) is 12.7 Å². The first-order chi connectivity index (χ1) is 14.3. The Bertz CT molecular complexity index is 1170. The highest BCUT2D eigenvalue weighted by Crippen LogP contribution is 2.19. The van der Waals surface area contributed by atoms with Gasteiger partial charge in [0, 0.05) is 32.4 Å². The van der Waals surface area contributed by atoms with E-state index < -0.39 is 10.0 Å². The number of rotatable bonds is 4. The number of amides is 1. The highest BCUT2D eigenvalue weighted by Gasteiger charge is 2.31. The zero-order valence-electron chi connectivity index (χ0n) is 16.4. The van der Waals surface area contributed by atoms with Gasteiger partial charge in [-0.25, -0.2) is 17.5 Å². The maximum atomic E-state index is 13.4. The van der Waals surface area contributed by atoms with Crippen LogP contribution in [0.25, 0.3) is 5.69 Å². The van der Waals surface area contributed by atoms with Crippen LogP contribution in [0.4, 0.5) is 4.39 Å². The van der Waals surface area contributed by atoms with Gasteiger partial charge in [-0.05, 0) is 43.3 Å². The normalized spacial score (nSPS) is 15.3. The van der Waals surface area contributed by atoms with Crippen LogP contribution in [0.15, 0.2) is 65.7 Å². The van der Waals surface area contributed by atoms with E-state index in [0.717, 1.165) is 5.56 Å². The maximum Gasteiger partial charge on any atom is 0.274 e.